The number of hydrogen-bond acceptors (Lipinski definition) is 2. The molecule has 1 aromatic heterocycles. The molecular weight excluding hydrogens is 222 g/mol. The molecule has 3 nitrogen and oxygen atoms in total. The fourth-order valence-corrected chi connectivity index (χ4v) is 1.87. The molecule has 4 heteroatoms. The van der Waals surface area contributed by atoms with Crippen molar-refractivity contribution < 1.29 is 0 Å². The maximum atomic E-state index is 5.84. The second kappa shape index (κ2) is 4.58. The quantitative estimate of drug-likeness (QED) is 0.889. The minimum atomic E-state index is 0.246. The number of nitrogens with zero attached hydrogens (tertiary/aromatic N) is 2. The maximum absolute atomic E-state index is 5.84. The summed E-state index contributed by atoms with van der Waals surface area (Å²) >= 11 is 5.84. The summed E-state index contributed by atoms with van der Waals surface area (Å²) in [6.07, 6.45) is 2.61. The van der Waals surface area contributed by atoms with Gasteiger partial charge in [-0.15, -0.1) is 0 Å². The van der Waals surface area contributed by atoms with Crippen LogP contribution in [-0.2, 0) is 6.42 Å². The summed E-state index contributed by atoms with van der Waals surface area (Å²) in [4.78, 5) is 0. The zero-order valence-electron chi connectivity index (χ0n) is 9.10. The molecule has 0 aliphatic rings. The Labute approximate surface area is 99.8 Å². The number of aromatic nitrogens is 2. The van der Waals surface area contributed by atoms with Gasteiger partial charge in [-0.3, -0.25) is 0 Å². The third-order valence-corrected chi connectivity index (χ3v) is 2.81. The first kappa shape index (κ1) is 11.0. The molecule has 0 saturated heterocycles. The van der Waals surface area contributed by atoms with E-state index in [4.69, 9.17) is 17.3 Å². The number of nitrogens with two attached hydrogens (primary N) is 1. The Morgan fingerprint density at radius 2 is 2.00 bits per heavy atom. The number of benzene rings is 1. The van der Waals surface area contributed by atoms with Gasteiger partial charge in [0.05, 0.1) is 12.2 Å². The molecule has 1 aromatic carbocycles. The van der Waals surface area contributed by atoms with Gasteiger partial charge in [-0.1, -0.05) is 23.7 Å². The van der Waals surface area contributed by atoms with E-state index in [2.05, 4.69) is 12.0 Å². The van der Waals surface area contributed by atoms with Crippen molar-refractivity contribution in [3.63, 3.8) is 0 Å². The second-order valence-corrected chi connectivity index (χ2v) is 4.32. The van der Waals surface area contributed by atoms with Gasteiger partial charge in [-0.05, 0) is 37.1 Å². The van der Waals surface area contributed by atoms with E-state index < -0.39 is 0 Å². The van der Waals surface area contributed by atoms with Crippen molar-refractivity contribution in [2.24, 2.45) is 0 Å². The lowest BCUT2D eigenvalue weighted by Crippen LogP contribution is -2.12. The number of rotatable bonds is 3. The third kappa shape index (κ3) is 2.36. The first-order valence-electron chi connectivity index (χ1n) is 5.20. The Balaban J connectivity index is 2.10. The molecule has 0 aliphatic carbocycles. The molecule has 2 rings (SSSR count). The van der Waals surface area contributed by atoms with Crippen molar-refractivity contribution in [3.05, 3.63) is 47.1 Å². The highest BCUT2D eigenvalue weighted by atomic mass is 35.5. The average Bonchev–Trinajstić information content (AvgIpc) is 2.68. The van der Waals surface area contributed by atoms with Crippen LogP contribution >= 0.6 is 11.6 Å². The normalized spacial score (nSPS) is 12.6. The lowest BCUT2D eigenvalue weighted by atomic mass is 10.1. The number of halogens is 1. The molecule has 0 saturated carbocycles. The van der Waals surface area contributed by atoms with Crippen LogP contribution in [0.2, 0.25) is 5.02 Å². The first-order chi connectivity index (χ1) is 7.66. The molecule has 84 valence electrons. The Kier molecular flexibility index (Phi) is 3.15. The summed E-state index contributed by atoms with van der Waals surface area (Å²) in [5.74, 6) is 0.696. The van der Waals surface area contributed by atoms with Gasteiger partial charge in [0.1, 0.15) is 5.82 Å². The van der Waals surface area contributed by atoms with Crippen LogP contribution in [0, 0.1) is 0 Å². The van der Waals surface area contributed by atoms with Crippen molar-refractivity contribution in [1.29, 1.82) is 0 Å². The summed E-state index contributed by atoms with van der Waals surface area (Å²) < 4.78 is 1.83. The summed E-state index contributed by atoms with van der Waals surface area (Å²) in [7, 11) is 0. The fourth-order valence-electron chi connectivity index (χ4n) is 1.74. The molecule has 16 heavy (non-hydrogen) atoms. The minimum absolute atomic E-state index is 0.246. The Bertz CT molecular complexity index is 461. The number of hydrogen-bond donors (Lipinski definition) is 1. The molecule has 0 amide bonds. The van der Waals surface area contributed by atoms with Gasteiger partial charge < -0.3 is 5.73 Å². The molecule has 2 aromatic rings. The zero-order chi connectivity index (χ0) is 11.5. The second-order valence-electron chi connectivity index (χ2n) is 3.88. The predicted octanol–water partition coefficient (Wildman–Crippen LogP) is 2.92. The smallest absolute Gasteiger partial charge is 0.121 e. The predicted molar refractivity (Wildman–Crippen MR) is 66.5 cm³/mol. The van der Waals surface area contributed by atoms with E-state index in [9.17, 15) is 0 Å². The van der Waals surface area contributed by atoms with Crippen LogP contribution in [-0.4, -0.2) is 9.78 Å². The largest absolute Gasteiger partial charge is 0.384 e. The molecule has 0 bridgehead atoms. The van der Waals surface area contributed by atoms with E-state index in [1.807, 2.05) is 28.9 Å². The van der Waals surface area contributed by atoms with Gasteiger partial charge in [0.15, 0.2) is 0 Å². The van der Waals surface area contributed by atoms with Crippen LogP contribution in [0.25, 0.3) is 0 Å². The summed E-state index contributed by atoms with van der Waals surface area (Å²) in [6, 6.07) is 9.90. The van der Waals surface area contributed by atoms with Crippen molar-refractivity contribution >= 4 is 17.4 Å². The van der Waals surface area contributed by atoms with Crippen LogP contribution < -0.4 is 5.73 Å². The van der Waals surface area contributed by atoms with Crippen molar-refractivity contribution in [2.75, 3.05) is 5.73 Å². The molecule has 0 spiro atoms. The van der Waals surface area contributed by atoms with Crippen LogP contribution in [0.5, 0.6) is 0 Å². The van der Waals surface area contributed by atoms with Crippen LogP contribution in [0.1, 0.15) is 18.5 Å². The average molecular weight is 236 g/mol. The minimum Gasteiger partial charge on any atom is -0.384 e. The van der Waals surface area contributed by atoms with Gasteiger partial charge in [-0.25, -0.2) is 4.68 Å². The molecule has 2 N–H and O–H groups in total. The van der Waals surface area contributed by atoms with E-state index in [0.717, 1.165) is 11.4 Å². The Morgan fingerprint density at radius 1 is 1.31 bits per heavy atom. The summed E-state index contributed by atoms with van der Waals surface area (Å²) in [5.41, 5.74) is 7.03. The van der Waals surface area contributed by atoms with Crippen molar-refractivity contribution in [2.45, 2.75) is 19.4 Å². The molecule has 1 atom stereocenters. The Morgan fingerprint density at radius 3 is 2.56 bits per heavy atom. The first-order valence-corrected chi connectivity index (χ1v) is 5.58. The van der Waals surface area contributed by atoms with Crippen LogP contribution in [0.15, 0.2) is 36.5 Å². The van der Waals surface area contributed by atoms with Crippen molar-refractivity contribution in [1.82, 2.24) is 9.78 Å². The van der Waals surface area contributed by atoms with E-state index in [1.165, 1.54) is 5.56 Å². The van der Waals surface area contributed by atoms with Gasteiger partial charge in [-0.2, -0.15) is 5.10 Å². The van der Waals surface area contributed by atoms with Gasteiger partial charge >= 0.3 is 0 Å². The molecule has 0 fully saturated rings. The monoisotopic (exact) mass is 235 g/mol. The van der Waals surface area contributed by atoms with E-state index in [-0.39, 0.29) is 6.04 Å². The zero-order valence-corrected chi connectivity index (χ0v) is 9.85. The maximum Gasteiger partial charge on any atom is 0.121 e. The lowest BCUT2D eigenvalue weighted by Gasteiger charge is -2.13. The van der Waals surface area contributed by atoms with E-state index in [0.29, 0.717) is 5.82 Å². The third-order valence-electron chi connectivity index (χ3n) is 2.56. The SMILES string of the molecule is CC(Cc1ccc(Cl)cc1)n1nccc1N. The molecule has 1 heterocycles. The molecule has 1 unspecified atom stereocenters. The molecule has 0 radical (unpaired) electrons. The standard InChI is InChI=1S/C12H14ClN3/c1-9(16-12(14)6-7-15-16)8-10-2-4-11(13)5-3-10/h2-7,9H,8,14H2,1H3. The highest BCUT2D eigenvalue weighted by Crippen LogP contribution is 2.18. The van der Waals surface area contributed by atoms with E-state index >= 15 is 0 Å². The van der Waals surface area contributed by atoms with Crippen LogP contribution in [0.3, 0.4) is 0 Å². The van der Waals surface area contributed by atoms with Crippen LogP contribution in [0.4, 0.5) is 5.82 Å². The summed E-state index contributed by atoms with van der Waals surface area (Å²) in [6.45, 7) is 2.10. The molecular formula is C12H14ClN3. The van der Waals surface area contributed by atoms with Gasteiger partial charge in [0.25, 0.3) is 0 Å². The topological polar surface area (TPSA) is 43.8 Å². The van der Waals surface area contributed by atoms with Gasteiger partial charge in [0, 0.05) is 5.02 Å². The number of nitrogen functional groups attached to an aromatic ring is 1. The van der Waals surface area contributed by atoms with E-state index in [1.54, 1.807) is 12.3 Å². The fraction of sp³-hybridized carbons (Fsp3) is 0.250. The van der Waals surface area contributed by atoms with Gasteiger partial charge in [0.2, 0.25) is 0 Å². The Hall–Kier alpha value is -1.48. The van der Waals surface area contributed by atoms with Crippen molar-refractivity contribution in [3.8, 4) is 0 Å². The summed E-state index contributed by atoms with van der Waals surface area (Å²) in [5, 5.41) is 4.95. The lowest BCUT2D eigenvalue weighted by molar-refractivity contribution is 0.496. The molecule has 0 aliphatic heterocycles. The number of anilines is 1. The highest BCUT2D eigenvalue weighted by Gasteiger charge is 2.08. The highest BCUT2D eigenvalue weighted by molar-refractivity contribution is 6.30.